The Morgan fingerprint density at radius 2 is 1.97 bits per heavy atom. The van der Waals surface area contributed by atoms with E-state index in [0.717, 1.165) is 16.5 Å². The van der Waals surface area contributed by atoms with Crippen molar-refractivity contribution in [3.05, 3.63) is 59.5 Å². The maximum absolute atomic E-state index is 13.4. The predicted molar refractivity (Wildman–Crippen MR) is 110 cm³/mol. The fourth-order valence-corrected chi connectivity index (χ4v) is 3.71. The molecule has 1 fully saturated rings. The summed E-state index contributed by atoms with van der Waals surface area (Å²) in [6.45, 7) is 3.99. The van der Waals surface area contributed by atoms with Crippen molar-refractivity contribution < 1.29 is 18.7 Å². The SMILES string of the molecule is CC(Oc1ccc2c(-c3ccc(F)cc3Cl)ccnc2c1)C(=O)N1CCOCC1. The van der Waals surface area contributed by atoms with Gasteiger partial charge in [0.1, 0.15) is 11.6 Å². The van der Waals surface area contributed by atoms with Crippen LogP contribution in [0.4, 0.5) is 4.39 Å². The van der Waals surface area contributed by atoms with Crippen LogP contribution in [0.1, 0.15) is 6.92 Å². The van der Waals surface area contributed by atoms with Gasteiger partial charge in [-0.2, -0.15) is 0 Å². The van der Waals surface area contributed by atoms with Gasteiger partial charge >= 0.3 is 0 Å². The highest BCUT2D eigenvalue weighted by molar-refractivity contribution is 6.33. The Bertz CT molecular complexity index is 1050. The number of aromatic nitrogens is 1. The van der Waals surface area contributed by atoms with E-state index in [1.165, 1.54) is 12.1 Å². The largest absolute Gasteiger partial charge is 0.481 e. The molecular weight excluding hydrogens is 395 g/mol. The van der Waals surface area contributed by atoms with Crippen LogP contribution in [0, 0.1) is 5.82 Å². The van der Waals surface area contributed by atoms with Gasteiger partial charge in [-0.05, 0) is 48.9 Å². The molecule has 1 aliphatic rings. The zero-order valence-electron chi connectivity index (χ0n) is 15.9. The molecule has 2 aromatic carbocycles. The quantitative estimate of drug-likeness (QED) is 0.638. The van der Waals surface area contributed by atoms with Gasteiger partial charge in [-0.15, -0.1) is 0 Å². The van der Waals surface area contributed by atoms with Gasteiger partial charge in [0.25, 0.3) is 5.91 Å². The zero-order valence-corrected chi connectivity index (χ0v) is 16.7. The van der Waals surface area contributed by atoms with E-state index in [0.29, 0.717) is 42.6 Å². The summed E-state index contributed by atoms with van der Waals surface area (Å²) in [5, 5.41) is 1.20. The Hall–Kier alpha value is -2.70. The summed E-state index contributed by atoms with van der Waals surface area (Å²) in [4.78, 5) is 18.7. The molecule has 3 aromatic rings. The summed E-state index contributed by atoms with van der Waals surface area (Å²) in [6.07, 6.45) is 1.06. The second-order valence-corrected chi connectivity index (χ2v) is 7.27. The summed E-state index contributed by atoms with van der Waals surface area (Å²) in [5.41, 5.74) is 2.28. The van der Waals surface area contributed by atoms with Crippen LogP contribution in [0.3, 0.4) is 0 Å². The molecule has 7 heteroatoms. The molecule has 1 unspecified atom stereocenters. The second-order valence-electron chi connectivity index (χ2n) is 6.86. The fraction of sp³-hybridized carbons (Fsp3) is 0.273. The molecule has 5 nitrogen and oxygen atoms in total. The molecule has 150 valence electrons. The number of hydrogen-bond donors (Lipinski definition) is 0. The first-order valence-electron chi connectivity index (χ1n) is 9.40. The maximum Gasteiger partial charge on any atom is 0.263 e. The molecule has 0 saturated carbocycles. The van der Waals surface area contributed by atoms with Crippen LogP contribution in [0.2, 0.25) is 5.02 Å². The van der Waals surface area contributed by atoms with Crippen molar-refractivity contribution in [3.8, 4) is 16.9 Å². The van der Waals surface area contributed by atoms with Gasteiger partial charge in [-0.25, -0.2) is 4.39 Å². The summed E-state index contributed by atoms with van der Waals surface area (Å²) < 4.78 is 24.6. The van der Waals surface area contributed by atoms with Crippen LogP contribution >= 0.6 is 11.6 Å². The molecular formula is C22H20ClFN2O3. The number of pyridine rings is 1. The number of amides is 1. The highest BCUT2D eigenvalue weighted by Gasteiger charge is 2.24. The number of rotatable bonds is 4. The van der Waals surface area contributed by atoms with Crippen molar-refractivity contribution in [1.82, 2.24) is 9.88 Å². The Labute approximate surface area is 173 Å². The van der Waals surface area contributed by atoms with Gasteiger partial charge in [0.2, 0.25) is 0 Å². The van der Waals surface area contributed by atoms with E-state index >= 15 is 0 Å². The predicted octanol–water partition coefficient (Wildman–Crippen LogP) is 4.32. The average Bonchev–Trinajstić information content (AvgIpc) is 2.73. The van der Waals surface area contributed by atoms with E-state index in [1.54, 1.807) is 36.2 Å². The molecule has 29 heavy (non-hydrogen) atoms. The minimum atomic E-state index is -0.611. The van der Waals surface area contributed by atoms with Gasteiger partial charge in [-0.3, -0.25) is 9.78 Å². The van der Waals surface area contributed by atoms with Crippen LogP contribution in [0.25, 0.3) is 22.0 Å². The molecule has 2 heterocycles. The molecule has 0 aliphatic carbocycles. The average molecular weight is 415 g/mol. The molecule has 1 amide bonds. The molecule has 1 saturated heterocycles. The molecule has 0 spiro atoms. The standard InChI is InChI=1S/C22H20ClFN2O3/c1-14(22(27)26-8-10-28-11-9-26)29-16-3-5-19-17(6-7-25-21(19)13-16)18-4-2-15(24)12-20(18)23/h2-7,12-14H,8-11H2,1H3. The zero-order chi connectivity index (χ0) is 20.4. The lowest BCUT2D eigenvalue weighted by Crippen LogP contribution is -2.46. The number of benzene rings is 2. The van der Waals surface area contributed by atoms with Crippen LogP contribution in [-0.2, 0) is 9.53 Å². The number of carbonyl (C=O) groups is 1. The number of morpholine rings is 1. The summed E-state index contributed by atoms with van der Waals surface area (Å²) in [6, 6.07) is 11.6. The minimum Gasteiger partial charge on any atom is -0.481 e. The van der Waals surface area contributed by atoms with Crippen molar-refractivity contribution in [3.63, 3.8) is 0 Å². The van der Waals surface area contributed by atoms with E-state index in [1.807, 2.05) is 12.1 Å². The number of halogens is 2. The number of fused-ring (bicyclic) bond motifs is 1. The summed E-state index contributed by atoms with van der Waals surface area (Å²) >= 11 is 6.24. The van der Waals surface area contributed by atoms with Gasteiger partial charge in [0.15, 0.2) is 6.10 Å². The molecule has 0 N–H and O–H groups in total. The highest BCUT2D eigenvalue weighted by Crippen LogP contribution is 2.34. The number of ether oxygens (including phenoxy) is 2. The first-order chi connectivity index (χ1) is 14.0. The molecule has 4 rings (SSSR count). The van der Waals surface area contributed by atoms with E-state index in [9.17, 15) is 9.18 Å². The fourth-order valence-electron chi connectivity index (χ4n) is 3.44. The summed E-state index contributed by atoms with van der Waals surface area (Å²) in [7, 11) is 0. The Morgan fingerprint density at radius 3 is 2.72 bits per heavy atom. The van der Waals surface area contributed by atoms with E-state index in [-0.39, 0.29) is 11.7 Å². The van der Waals surface area contributed by atoms with E-state index in [2.05, 4.69) is 4.98 Å². The summed E-state index contributed by atoms with van der Waals surface area (Å²) in [5.74, 6) is 0.112. The molecule has 0 radical (unpaired) electrons. The third kappa shape index (κ3) is 4.18. The highest BCUT2D eigenvalue weighted by atomic mass is 35.5. The van der Waals surface area contributed by atoms with Gasteiger partial charge in [0.05, 0.1) is 23.8 Å². The third-order valence-electron chi connectivity index (χ3n) is 4.92. The Morgan fingerprint density at radius 1 is 1.17 bits per heavy atom. The minimum absolute atomic E-state index is 0.0619. The topological polar surface area (TPSA) is 51.7 Å². The smallest absolute Gasteiger partial charge is 0.263 e. The number of hydrogen-bond acceptors (Lipinski definition) is 4. The second kappa shape index (κ2) is 8.35. The van der Waals surface area contributed by atoms with Gasteiger partial charge in [0, 0.05) is 36.3 Å². The monoisotopic (exact) mass is 414 g/mol. The number of nitrogens with zero attached hydrogens (tertiary/aromatic N) is 2. The lowest BCUT2D eigenvalue weighted by atomic mass is 10.0. The Kier molecular flexibility index (Phi) is 5.65. The van der Waals surface area contributed by atoms with Crippen molar-refractivity contribution in [2.45, 2.75) is 13.0 Å². The molecule has 1 atom stereocenters. The van der Waals surface area contributed by atoms with Gasteiger partial charge < -0.3 is 14.4 Å². The first kappa shape index (κ1) is 19.6. The number of carbonyl (C=O) groups excluding carboxylic acids is 1. The van der Waals surface area contributed by atoms with Crippen LogP contribution in [0.15, 0.2) is 48.7 Å². The van der Waals surface area contributed by atoms with Crippen LogP contribution < -0.4 is 4.74 Å². The lowest BCUT2D eigenvalue weighted by Gasteiger charge is -2.29. The molecule has 1 aliphatic heterocycles. The molecule has 1 aromatic heterocycles. The third-order valence-corrected chi connectivity index (χ3v) is 5.23. The normalized spacial score (nSPS) is 15.3. The van der Waals surface area contributed by atoms with Crippen molar-refractivity contribution in [2.24, 2.45) is 0 Å². The van der Waals surface area contributed by atoms with Crippen LogP contribution in [0.5, 0.6) is 5.75 Å². The van der Waals surface area contributed by atoms with Crippen molar-refractivity contribution >= 4 is 28.4 Å². The van der Waals surface area contributed by atoms with E-state index < -0.39 is 6.10 Å². The first-order valence-corrected chi connectivity index (χ1v) is 9.78. The van der Waals surface area contributed by atoms with Crippen molar-refractivity contribution in [1.29, 1.82) is 0 Å². The van der Waals surface area contributed by atoms with Crippen LogP contribution in [-0.4, -0.2) is 48.2 Å². The lowest BCUT2D eigenvalue weighted by molar-refractivity contribution is -0.142. The van der Waals surface area contributed by atoms with E-state index in [4.69, 9.17) is 21.1 Å². The van der Waals surface area contributed by atoms with Crippen molar-refractivity contribution in [2.75, 3.05) is 26.3 Å². The molecule has 0 bridgehead atoms. The Balaban J connectivity index is 1.59. The van der Waals surface area contributed by atoms with Gasteiger partial charge in [-0.1, -0.05) is 11.6 Å². The maximum atomic E-state index is 13.4.